The van der Waals surface area contributed by atoms with Crippen LogP contribution in [0.2, 0.25) is 0 Å². The second kappa shape index (κ2) is 9.97. The summed E-state index contributed by atoms with van der Waals surface area (Å²) in [5, 5.41) is 0. The summed E-state index contributed by atoms with van der Waals surface area (Å²) in [6.45, 7) is 5.66. The van der Waals surface area contributed by atoms with Gasteiger partial charge in [0, 0.05) is 6.54 Å². The zero-order chi connectivity index (χ0) is 21.6. The molecule has 0 aromatic heterocycles. The van der Waals surface area contributed by atoms with Crippen molar-refractivity contribution in [3.8, 4) is 5.75 Å². The second-order valence-corrected chi connectivity index (χ2v) is 9.08. The minimum atomic E-state index is -0.548. The van der Waals surface area contributed by atoms with Gasteiger partial charge >= 0.3 is 0 Å². The van der Waals surface area contributed by atoms with Crippen LogP contribution in [-0.4, -0.2) is 37.0 Å². The molecule has 3 heteroatoms. The lowest BCUT2D eigenvalue weighted by Crippen LogP contribution is -2.19. The molecule has 0 spiro atoms. The number of rotatable bonds is 8. The molecule has 0 aliphatic rings. The molecule has 156 valence electrons. The summed E-state index contributed by atoms with van der Waals surface area (Å²) >= 11 is 6.97. The Labute approximate surface area is 185 Å². The molecule has 0 aliphatic carbocycles. The minimum absolute atomic E-state index is 0.548. The van der Waals surface area contributed by atoms with Crippen LogP contribution in [-0.2, 0) is 0 Å². The van der Waals surface area contributed by atoms with Crippen LogP contribution in [0.3, 0.4) is 0 Å². The molecule has 3 rings (SSSR count). The van der Waals surface area contributed by atoms with Gasteiger partial charge in [0.1, 0.15) is 12.4 Å². The third-order valence-corrected chi connectivity index (χ3v) is 5.11. The first-order valence-corrected chi connectivity index (χ1v) is 10.7. The highest BCUT2D eigenvalue weighted by Crippen LogP contribution is 2.41. The van der Waals surface area contributed by atoms with Crippen LogP contribution in [0.4, 0.5) is 0 Å². The molecule has 3 aromatic carbocycles. The van der Waals surface area contributed by atoms with Crippen molar-refractivity contribution in [3.05, 3.63) is 102 Å². The first-order chi connectivity index (χ1) is 14.4. The Balaban J connectivity index is 2.11. The van der Waals surface area contributed by atoms with Crippen molar-refractivity contribution in [2.75, 3.05) is 27.2 Å². The summed E-state index contributed by atoms with van der Waals surface area (Å²) in [6.07, 6.45) is 0. The summed E-state index contributed by atoms with van der Waals surface area (Å²) in [5.41, 5.74) is 5.64. The lowest BCUT2D eigenvalue weighted by Gasteiger charge is -2.26. The smallest absolute Gasteiger partial charge is 0.119 e. The molecule has 0 heterocycles. The Hall–Kier alpha value is -2.55. The fourth-order valence-corrected chi connectivity index (χ4v) is 3.72. The van der Waals surface area contributed by atoms with Crippen LogP contribution in [0.15, 0.2) is 84.9 Å². The molecule has 0 unspecified atom stereocenters. The number of allylic oxidation sites excluding steroid dienone is 1. The van der Waals surface area contributed by atoms with Gasteiger partial charge in [0.25, 0.3) is 0 Å². The van der Waals surface area contributed by atoms with Crippen molar-refractivity contribution < 1.29 is 4.74 Å². The van der Waals surface area contributed by atoms with E-state index in [4.69, 9.17) is 16.3 Å². The fourth-order valence-electron chi connectivity index (χ4n) is 3.51. The summed E-state index contributed by atoms with van der Waals surface area (Å²) in [5.74, 6) is 0.874. The maximum absolute atomic E-state index is 6.97. The van der Waals surface area contributed by atoms with E-state index in [0.29, 0.717) is 6.61 Å². The van der Waals surface area contributed by atoms with Crippen LogP contribution >= 0.6 is 11.6 Å². The van der Waals surface area contributed by atoms with Gasteiger partial charge in [-0.1, -0.05) is 72.8 Å². The van der Waals surface area contributed by atoms with Crippen LogP contribution < -0.4 is 4.74 Å². The van der Waals surface area contributed by atoms with E-state index in [9.17, 15) is 0 Å². The van der Waals surface area contributed by atoms with E-state index in [0.717, 1.165) is 40.1 Å². The van der Waals surface area contributed by atoms with Crippen molar-refractivity contribution in [1.29, 1.82) is 0 Å². The normalized spacial score (nSPS) is 12.6. The van der Waals surface area contributed by atoms with Crippen molar-refractivity contribution in [2.24, 2.45) is 0 Å². The highest BCUT2D eigenvalue weighted by atomic mass is 35.5. The molecule has 2 nitrogen and oxygen atoms in total. The van der Waals surface area contributed by atoms with Gasteiger partial charge in [-0.3, -0.25) is 0 Å². The van der Waals surface area contributed by atoms with Gasteiger partial charge in [0.05, 0.1) is 4.87 Å². The Bertz CT molecular complexity index is 955. The molecule has 0 amide bonds. The molecule has 0 N–H and O–H groups in total. The molecule has 0 radical (unpaired) electrons. The molecular weight excluding hydrogens is 390 g/mol. The molecule has 0 fully saturated rings. The highest BCUT2D eigenvalue weighted by Gasteiger charge is 2.26. The average molecular weight is 420 g/mol. The van der Waals surface area contributed by atoms with E-state index in [1.165, 1.54) is 0 Å². The average Bonchev–Trinajstić information content (AvgIpc) is 2.73. The first-order valence-electron chi connectivity index (χ1n) is 10.3. The second-order valence-electron chi connectivity index (χ2n) is 8.13. The predicted octanol–water partition coefficient (Wildman–Crippen LogP) is 6.60. The maximum Gasteiger partial charge on any atom is 0.119 e. The molecule has 0 saturated heterocycles. The van der Waals surface area contributed by atoms with E-state index in [1.807, 2.05) is 38.4 Å². The van der Waals surface area contributed by atoms with Gasteiger partial charge in [-0.2, -0.15) is 0 Å². The SMILES string of the molecule is CN(C)CCOc1ccc(/C(=C(\c2ccccc2)C(C)(C)Cl)c2ccccc2)cc1. The summed E-state index contributed by atoms with van der Waals surface area (Å²) < 4.78 is 5.89. The minimum Gasteiger partial charge on any atom is -0.492 e. The summed E-state index contributed by atoms with van der Waals surface area (Å²) in [6, 6.07) is 29.2. The molecular formula is C27H30ClNO. The number of nitrogens with zero attached hydrogens (tertiary/aromatic N) is 1. The quantitative estimate of drug-likeness (QED) is 0.301. The predicted molar refractivity (Wildman–Crippen MR) is 129 cm³/mol. The number of benzene rings is 3. The number of hydrogen-bond donors (Lipinski definition) is 0. The molecule has 3 aromatic rings. The Morgan fingerprint density at radius 3 is 1.77 bits per heavy atom. The van der Waals surface area contributed by atoms with Crippen molar-refractivity contribution in [1.82, 2.24) is 4.90 Å². The maximum atomic E-state index is 6.97. The number of likely N-dealkylation sites (N-methyl/N-ethyl adjacent to an activating group) is 1. The van der Waals surface area contributed by atoms with E-state index in [-0.39, 0.29) is 0 Å². The van der Waals surface area contributed by atoms with Gasteiger partial charge in [0.15, 0.2) is 0 Å². The Morgan fingerprint density at radius 1 is 0.767 bits per heavy atom. The number of ether oxygens (including phenoxy) is 1. The zero-order valence-corrected chi connectivity index (χ0v) is 19.0. The van der Waals surface area contributed by atoms with Gasteiger partial charge in [-0.25, -0.2) is 0 Å². The van der Waals surface area contributed by atoms with Crippen LogP contribution in [0.5, 0.6) is 5.75 Å². The Kier molecular flexibility index (Phi) is 7.36. The topological polar surface area (TPSA) is 12.5 Å². The fraction of sp³-hybridized carbons (Fsp3) is 0.259. The highest BCUT2D eigenvalue weighted by molar-refractivity contribution is 6.32. The lowest BCUT2D eigenvalue weighted by atomic mass is 9.83. The van der Waals surface area contributed by atoms with Gasteiger partial charge in [-0.15, -0.1) is 11.6 Å². The van der Waals surface area contributed by atoms with E-state index in [1.54, 1.807) is 0 Å². The van der Waals surface area contributed by atoms with E-state index < -0.39 is 4.87 Å². The first kappa shape index (κ1) is 22.1. The lowest BCUT2D eigenvalue weighted by molar-refractivity contribution is 0.261. The third-order valence-electron chi connectivity index (χ3n) is 4.92. The van der Waals surface area contributed by atoms with Gasteiger partial charge < -0.3 is 9.64 Å². The van der Waals surface area contributed by atoms with Gasteiger partial charge in [-0.05, 0) is 67.9 Å². The molecule has 0 bridgehead atoms. The van der Waals surface area contributed by atoms with Crippen LogP contribution in [0.25, 0.3) is 11.1 Å². The molecule has 30 heavy (non-hydrogen) atoms. The summed E-state index contributed by atoms with van der Waals surface area (Å²) in [4.78, 5) is 1.56. The number of hydrogen-bond acceptors (Lipinski definition) is 2. The van der Waals surface area contributed by atoms with Crippen LogP contribution in [0.1, 0.15) is 30.5 Å². The van der Waals surface area contributed by atoms with E-state index in [2.05, 4.69) is 79.4 Å². The molecule has 0 atom stereocenters. The Morgan fingerprint density at radius 2 is 1.27 bits per heavy atom. The zero-order valence-electron chi connectivity index (χ0n) is 18.2. The van der Waals surface area contributed by atoms with Crippen molar-refractivity contribution in [2.45, 2.75) is 18.7 Å². The molecule has 0 aliphatic heterocycles. The van der Waals surface area contributed by atoms with Crippen molar-refractivity contribution in [3.63, 3.8) is 0 Å². The van der Waals surface area contributed by atoms with Gasteiger partial charge in [0.2, 0.25) is 0 Å². The largest absolute Gasteiger partial charge is 0.492 e. The number of halogens is 1. The standard InChI is InChI=1S/C27H30ClNO/c1-27(2,28)26(23-13-9-6-10-14-23)25(21-11-7-5-8-12-21)22-15-17-24(18-16-22)30-20-19-29(3)4/h5-18H,19-20H2,1-4H3/b26-25+. The van der Waals surface area contributed by atoms with Crippen molar-refractivity contribution >= 4 is 22.7 Å². The number of alkyl halides is 1. The van der Waals surface area contributed by atoms with Crippen LogP contribution in [0, 0.1) is 0 Å². The summed E-state index contributed by atoms with van der Waals surface area (Å²) in [7, 11) is 4.09. The third kappa shape index (κ3) is 5.75. The monoisotopic (exact) mass is 419 g/mol. The van der Waals surface area contributed by atoms with E-state index >= 15 is 0 Å². The molecule has 0 saturated carbocycles.